The molecular weight excluding hydrogens is 373 g/mol. The Balaban J connectivity index is 2.89. The van der Waals surface area contributed by atoms with Crippen LogP contribution in [0.25, 0.3) is 0 Å². The van der Waals surface area contributed by atoms with Crippen LogP contribution < -0.4 is 5.32 Å². The van der Waals surface area contributed by atoms with Crippen molar-refractivity contribution in [2.24, 2.45) is 0 Å². The molecule has 3 N–H and O–H groups in total. The maximum atomic E-state index is 13.1. The van der Waals surface area contributed by atoms with Crippen LogP contribution in [0.2, 0.25) is 0 Å². The number of hydrogen-bond donors (Lipinski definition) is 3. The highest BCUT2D eigenvalue weighted by atomic mass is 79.9. The highest BCUT2D eigenvalue weighted by Gasteiger charge is 2.23. The van der Waals surface area contributed by atoms with Gasteiger partial charge in [-0.3, -0.25) is 4.79 Å². The van der Waals surface area contributed by atoms with E-state index in [9.17, 15) is 19.4 Å². The zero-order chi connectivity index (χ0) is 13.9. The second kappa shape index (κ2) is 6.60. The molecule has 4 nitrogen and oxygen atoms in total. The van der Waals surface area contributed by atoms with Crippen LogP contribution in [-0.2, 0) is 4.79 Å². The molecule has 7 heteroatoms. The lowest BCUT2D eigenvalue weighted by molar-refractivity contribution is -0.119. The third kappa shape index (κ3) is 4.01. The van der Waals surface area contributed by atoms with E-state index in [1.807, 2.05) is 0 Å². The minimum Gasteiger partial charge on any atom is -0.388 e. The average Bonchev–Trinajstić information content (AvgIpc) is 2.24. The van der Waals surface area contributed by atoms with Crippen molar-refractivity contribution in [2.45, 2.75) is 19.1 Å². The number of hydrogen-bond acceptors (Lipinski definition) is 3. The van der Waals surface area contributed by atoms with Crippen molar-refractivity contribution in [3.63, 3.8) is 0 Å². The number of halogens is 3. The predicted molar refractivity (Wildman–Crippen MR) is 71.5 cm³/mol. The summed E-state index contributed by atoms with van der Waals surface area (Å²) in [6.07, 6.45) is -2.44. The Morgan fingerprint density at radius 3 is 2.33 bits per heavy atom. The third-order valence-electron chi connectivity index (χ3n) is 2.26. The summed E-state index contributed by atoms with van der Waals surface area (Å²) in [5, 5.41) is 22.1. The number of amides is 1. The average molecular weight is 385 g/mol. The number of benzene rings is 1. The lowest BCUT2D eigenvalue weighted by Crippen LogP contribution is -2.34. The Labute approximate surface area is 120 Å². The van der Waals surface area contributed by atoms with Gasteiger partial charge in [0.15, 0.2) is 0 Å². The molecule has 0 bridgehead atoms. The first-order valence-electron chi connectivity index (χ1n) is 5.08. The maximum Gasteiger partial charge on any atom is 0.216 e. The van der Waals surface area contributed by atoms with Crippen LogP contribution in [0.1, 0.15) is 18.6 Å². The normalized spacial score (nSPS) is 14.1. The molecule has 0 spiro atoms. The summed E-state index contributed by atoms with van der Waals surface area (Å²) in [4.78, 5) is 10.7. The van der Waals surface area contributed by atoms with E-state index in [0.717, 1.165) is 0 Å². The molecular formula is C11H12Br2FNO3. The third-order valence-corrected chi connectivity index (χ3v) is 3.58. The summed E-state index contributed by atoms with van der Waals surface area (Å²) in [6, 6.07) is 2.38. The van der Waals surface area contributed by atoms with Crippen LogP contribution in [0.5, 0.6) is 0 Å². The van der Waals surface area contributed by atoms with Crippen LogP contribution in [0, 0.1) is 5.82 Å². The van der Waals surface area contributed by atoms with Crippen molar-refractivity contribution in [1.29, 1.82) is 0 Å². The van der Waals surface area contributed by atoms with Crippen molar-refractivity contribution in [1.82, 2.24) is 5.32 Å². The first kappa shape index (κ1) is 15.6. The summed E-state index contributed by atoms with van der Waals surface area (Å²) in [6.45, 7) is 1.22. The molecule has 0 aliphatic heterocycles. The number of carbonyl (C=O) groups excluding carboxylic acids is 1. The molecule has 0 fully saturated rings. The zero-order valence-corrected chi connectivity index (χ0v) is 12.6. The van der Waals surface area contributed by atoms with Gasteiger partial charge in [-0.1, -0.05) is 31.9 Å². The molecule has 0 radical (unpaired) electrons. The van der Waals surface area contributed by atoms with Crippen molar-refractivity contribution in [3.8, 4) is 0 Å². The number of nitrogens with one attached hydrogen (secondary N) is 1. The van der Waals surface area contributed by atoms with Gasteiger partial charge in [0.1, 0.15) is 18.0 Å². The topological polar surface area (TPSA) is 69.6 Å². The fourth-order valence-corrected chi connectivity index (χ4v) is 2.99. The van der Waals surface area contributed by atoms with Crippen molar-refractivity contribution >= 4 is 37.8 Å². The van der Waals surface area contributed by atoms with Gasteiger partial charge < -0.3 is 15.5 Å². The first-order valence-corrected chi connectivity index (χ1v) is 6.66. The molecule has 1 rings (SSSR count). The van der Waals surface area contributed by atoms with Crippen LogP contribution in [0.15, 0.2) is 21.1 Å². The molecule has 1 aromatic rings. The van der Waals surface area contributed by atoms with E-state index in [2.05, 4.69) is 37.2 Å². The van der Waals surface area contributed by atoms with Crippen LogP contribution >= 0.6 is 31.9 Å². The Morgan fingerprint density at radius 2 is 1.89 bits per heavy atom. The minimum absolute atomic E-state index is 0.0905. The van der Waals surface area contributed by atoms with E-state index in [1.54, 1.807) is 0 Å². The molecule has 2 unspecified atom stereocenters. The summed E-state index contributed by atoms with van der Waals surface area (Å²) in [7, 11) is 0. The molecule has 2 atom stereocenters. The quantitative estimate of drug-likeness (QED) is 0.742. The number of rotatable bonds is 4. The predicted octanol–water partition coefficient (Wildman–Crippen LogP) is 1.88. The van der Waals surface area contributed by atoms with Gasteiger partial charge in [0.25, 0.3) is 0 Å². The van der Waals surface area contributed by atoms with Crippen LogP contribution in [0.4, 0.5) is 4.39 Å². The van der Waals surface area contributed by atoms with Crippen LogP contribution in [-0.4, -0.2) is 28.8 Å². The Kier molecular flexibility index (Phi) is 5.71. The second-order valence-electron chi connectivity index (χ2n) is 3.73. The fourth-order valence-electron chi connectivity index (χ4n) is 1.39. The number of carbonyl (C=O) groups is 1. The monoisotopic (exact) mass is 383 g/mol. The number of aliphatic hydroxyl groups excluding tert-OH is 2. The Bertz CT molecular complexity index is 433. The fraction of sp³-hybridized carbons (Fsp3) is 0.364. The van der Waals surface area contributed by atoms with E-state index in [1.165, 1.54) is 19.1 Å². The summed E-state index contributed by atoms with van der Waals surface area (Å²) < 4.78 is 13.7. The SMILES string of the molecule is CC(=O)NCC(O)C(O)c1c(Br)cc(F)cc1Br. The molecule has 0 saturated heterocycles. The molecule has 0 aliphatic rings. The van der Waals surface area contributed by atoms with E-state index in [-0.39, 0.29) is 12.5 Å². The minimum atomic E-state index is -1.25. The molecule has 1 aromatic carbocycles. The smallest absolute Gasteiger partial charge is 0.216 e. The summed E-state index contributed by atoms with van der Waals surface area (Å²) in [5.41, 5.74) is 0.328. The molecule has 0 saturated carbocycles. The summed E-state index contributed by atoms with van der Waals surface area (Å²) >= 11 is 6.24. The standard InChI is InChI=1S/C11H12Br2FNO3/c1-5(16)15-4-9(17)11(18)10-7(12)2-6(14)3-8(10)13/h2-3,9,11,17-18H,4H2,1H3,(H,15,16). The highest BCUT2D eigenvalue weighted by molar-refractivity contribution is 9.11. The highest BCUT2D eigenvalue weighted by Crippen LogP contribution is 2.33. The second-order valence-corrected chi connectivity index (χ2v) is 5.44. The zero-order valence-electron chi connectivity index (χ0n) is 9.45. The Morgan fingerprint density at radius 1 is 1.39 bits per heavy atom. The van der Waals surface area contributed by atoms with Gasteiger partial charge in [-0.15, -0.1) is 0 Å². The molecule has 100 valence electrons. The molecule has 1 amide bonds. The van der Waals surface area contributed by atoms with E-state index in [0.29, 0.717) is 14.5 Å². The van der Waals surface area contributed by atoms with E-state index < -0.39 is 18.0 Å². The van der Waals surface area contributed by atoms with Gasteiger partial charge in [0.2, 0.25) is 5.91 Å². The Hall–Kier alpha value is -0.500. The van der Waals surface area contributed by atoms with Crippen molar-refractivity contribution in [2.75, 3.05) is 6.54 Å². The number of aliphatic hydroxyl groups is 2. The first-order chi connectivity index (χ1) is 8.32. The lowest BCUT2D eigenvalue weighted by atomic mass is 10.0. The van der Waals surface area contributed by atoms with Gasteiger partial charge in [-0.25, -0.2) is 4.39 Å². The molecule has 0 aromatic heterocycles. The molecule has 18 heavy (non-hydrogen) atoms. The van der Waals surface area contributed by atoms with Crippen molar-refractivity contribution < 1.29 is 19.4 Å². The maximum absolute atomic E-state index is 13.1. The van der Waals surface area contributed by atoms with Gasteiger partial charge in [-0.2, -0.15) is 0 Å². The molecule has 0 aliphatic carbocycles. The van der Waals surface area contributed by atoms with Gasteiger partial charge >= 0.3 is 0 Å². The largest absolute Gasteiger partial charge is 0.388 e. The van der Waals surface area contributed by atoms with E-state index >= 15 is 0 Å². The van der Waals surface area contributed by atoms with Crippen LogP contribution in [0.3, 0.4) is 0 Å². The lowest BCUT2D eigenvalue weighted by Gasteiger charge is -2.20. The van der Waals surface area contributed by atoms with E-state index in [4.69, 9.17) is 0 Å². The summed E-state index contributed by atoms with van der Waals surface area (Å²) in [5.74, 6) is -0.778. The van der Waals surface area contributed by atoms with Crippen molar-refractivity contribution in [3.05, 3.63) is 32.5 Å². The van der Waals surface area contributed by atoms with Gasteiger partial charge in [0, 0.05) is 28.0 Å². The van der Waals surface area contributed by atoms with Gasteiger partial charge in [0.05, 0.1) is 0 Å². The van der Waals surface area contributed by atoms with Gasteiger partial charge in [-0.05, 0) is 12.1 Å². The molecule has 0 heterocycles.